The minimum absolute atomic E-state index is 0.561. The molecule has 0 radical (unpaired) electrons. The minimum Gasteiger partial charge on any atom is -0.496 e. The maximum Gasteiger partial charge on any atom is 0.200 e. The fourth-order valence-electron chi connectivity index (χ4n) is 1.90. The van der Waals surface area contributed by atoms with Crippen LogP contribution < -0.4 is 4.74 Å². The van der Waals surface area contributed by atoms with Crippen molar-refractivity contribution in [3.05, 3.63) is 45.0 Å². The Morgan fingerprint density at radius 2 is 2.25 bits per heavy atom. The van der Waals surface area contributed by atoms with E-state index in [1.54, 1.807) is 18.4 Å². The van der Waals surface area contributed by atoms with Crippen molar-refractivity contribution in [2.45, 2.75) is 0 Å². The normalized spacial score (nSPS) is 10.7. The van der Waals surface area contributed by atoms with Gasteiger partial charge in [-0.25, -0.2) is 0 Å². The number of aromatic nitrogens is 3. The number of halogens is 1. The van der Waals surface area contributed by atoms with E-state index in [1.165, 1.54) is 0 Å². The quantitative estimate of drug-likeness (QED) is 0.696. The summed E-state index contributed by atoms with van der Waals surface area (Å²) in [4.78, 5) is 1.06. The van der Waals surface area contributed by atoms with E-state index in [2.05, 4.69) is 26.1 Å². The van der Waals surface area contributed by atoms with Crippen molar-refractivity contribution in [3.63, 3.8) is 0 Å². The zero-order chi connectivity index (χ0) is 14.1. The van der Waals surface area contributed by atoms with Crippen LogP contribution >= 0.6 is 39.5 Å². The molecule has 20 heavy (non-hydrogen) atoms. The Morgan fingerprint density at radius 3 is 2.90 bits per heavy atom. The third-order valence-electron chi connectivity index (χ3n) is 2.81. The van der Waals surface area contributed by atoms with E-state index >= 15 is 0 Å². The van der Waals surface area contributed by atoms with Gasteiger partial charge >= 0.3 is 0 Å². The summed E-state index contributed by atoms with van der Waals surface area (Å²) in [6.07, 6.45) is 0. The monoisotopic (exact) mass is 367 g/mol. The zero-order valence-corrected chi connectivity index (χ0v) is 13.7. The lowest BCUT2D eigenvalue weighted by Crippen LogP contribution is -1.97. The number of hydrogen-bond acceptors (Lipinski definition) is 4. The molecule has 0 aliphatic rings. The Labute approximate surface area is 133 Å². The molecule has 3 rings (SSSR count). The lowest BCUT2D eigenvalue weighted by atomic mass is 10.3. The van der Waals surface area contributed by atoms with Crippen molar-refractivity contribution >= 4 is 39.5 Å². The first-order valence-electron chi connectivity index (χ1n) is 5.76. The second-order valence-corrected chi connectivity index (χ2v) is 6.17. The van der Waals surface area contributed by atoms with E-state index in [0.29, 0.717) is 4.77 Å². The first kappa shape index (κ1) is 13.5. The Hall–Kier alpha value is -1.44. The summed E-state index contributed by atoms with van der Waals surface area (Å²) in [5.74, 6) is 1.59. The third kappa shape index (κ3) is 2.32. The number of hydrogen-bond donors (Lipinski definition) is 1. The molecule has 1 aromatic carbocycles. The van der Waals surface area contributed by atoms with Crippen molar-refractivity contribution in [1.29, 1.82) is 0 Å². The molecule has 0 unspecified atom stereocenters. The number of nitrogens with zero attached hydrogens (tertiary/aromatic N) is 2. The van der Waals surface area contributed by atoms with Gasteiger partial charge in [0.1, 0.15) is 5.75 Å². The van der Waals surface area contributed by atoms with Crippen LogP contribution in [0.5, 0.6) is 5.75 Å². The molecule has 0 aliphatic carbocycles. The van der Waals surface area contributed by atoms with Gasteiger partial charge in [0, 0.05) is 0 Å². The number of ether oxygens (including phenoxy) is 1. The average Bonchev–Trinajstić information content (AvgIpc) is 3.07. The molecule has 2 heterocycles. The maximum atomic E-state index is 5.34. The van der Waals surface area contributed by atoms with E-state index < -0.39 is 0 Å². The summed E-state index contributed by atoms with van der Waals surface area (Å²) in [5, 5.41) is 9.18. The first-order valence-corrected chi connectivity index (χ1v) is 7.84. The molecule has 0 saturated carbocycles. The van der Waals surface area contributed by atoms with Crippen LogP contribution in [0.1, 0.15) is 0 Å². The van der Waals surface area contributed by atoms with Crippen LogP contribution in [0.3, 0.4) is 0 Å². The van der Waals surface area contributed by atoms with Crippen molar-refractivity contribution in [2.24, 2.45) is 0 Å². The molecule has 0 atom stereocenters. The number of methoxy groups -OCH3 is 1. The van der Waals surface area contributed by atoms with Gasteiger partial charge in [0.15, 0.2) is 10.6 Å². The fraction of sp³-hybridized carbons (Fsp3) is 0.0769. The average molecular weight is 368 g/mol. The molecular formula is C13H10BrN3OS2. The van der Waals surface area contributed by atoms with Crippen LogP contribution in [-0.2, 0) is 0 Å². The molecule has 0 bridgehead atoms. The van der Waals surface area contributed by atoms with Crippen molar-refractivity contribution < 1.29 is 4.74 Å². The van der Waals surface area contributed by atoms with Gasteiger partial charge in [0.25, 0.3) is 0 Å². The molecule has 7 heteroatoms. The van der Waals surface area contributed by atoms with E-state index in [-0.39, 0.29) is 0 Å². The first-order chi connectivity index (χ1) is 9.70. The van der Waals surface area contributed by atoms with Gasteiger partial charge in [-0.15, -0.1) is 11.3 Å². The van der Waals surface area contributed by atoms with E-state index in [0.717, 1.165) is 26.6 Å². The molecule has 0 aliphatic heterocycles. The molecule has 0 amide bonds. The summed E-state index contributed by atoms with van der Waals surface area (Å²) >= 11 is 10.5. The second-order valence-electron chi connectivity index (χ2n) is 3.98. The summed E-state index contributed by atoms with van der Waals surface area (Å²) < 4.78 is 8.59. The molecule has 4 nitrogen and oxygen atoms in total. The zero-order valence-electron chi connectivity index (χ0n) is 10.5. The highest BCUT2D eigenvalue weighted by molar-refractivity contribution is 9.10. The van der Waals surface area contributed by atoms with Crippen LogP contribution in [0.4, 0.5) is 0 Å². The lowest BCUT2D eigenvalue weighted by molar-refractivity contribution is 0.412. The maximum absolute atomic E-state index is 5.34. The Kier molecular flexibility index (Phi) is 3.73. The molecule has 1 N–H and O–H groups in total. The highest BCUT2D eigenvalue weighted by Gasteiger charge is 2.12. The minimum atomic E-state index is 0.561. The topological polar surface area (TPSA) is 42.8 Å². The summed E-state index contributed by atoms with van der Waals surface area (Å²) in [6, 6.07) is 9.82. The van der Waals surface area contributed by atoms with Crippen LogP contribution in [0.25, 0.3) is 16.4 Å². The molecular weight excluding hydrogens is 358 g/mol. The van der Waals surface area contributed by atoms with Crippen LogP contribution in [0, 0.1) is 4.77 Å². The largest absolute Gasteiger partial charge is 0.496 e. The van der Waals surface area contributed by atoms with Crippen LogP contribution in [-0.4, -0.2) is 21.9 Å². The van der Waals surface area contributed by atoms with Gasteiger partial charge in [0.05, 0.1) is 22.1 Å². The third-order valence-corrected chi connectivity index (χ3v) is 4.57. The lowest BCUT2D eigenvalue weighted by Gasteiger charge is -2.08. The van der Waals surface area contributed by atoms with Crippen LogP contribution in [0.2, 0.25) is 0 Å². The predicted molar refractivity (Wildman–Crippen MR) is 86.3 cm³/mol. The number of rotatable bonds is 3. The molecule has 0 fully saturated rings. The van der Waals surface area contributed by atoms with Gasteiger partial charge in [-0.3, -0.25) is 9.67 Å². The Morgan fingerprint density at radius 1 is 1.40 bits per heavy atom. The number of aromatic amines is 1. The highest BCUT2D eigenvalue weighted by Crippen LogP contribution is 2.30. The summed E-state index contributed by atoms with van der Waals surface area (Å²) in [5.41, 5.74) is 0.930. The molecule has 0 spiro atoms. The molecule has 3 aromatic rings. The van der Waals surface area contributed by atoms with Crippen LogP contribution in [0.15, 0.2) is 40.2 Å². The van der Waals surface area contributed by atoms with Crippen molar-refractivity contribution in [1.82, 2.24) is 14.8 Å². The summed E-state index contributed by atoms with van der Waals surface area (Å²) in [6.45, 7) is 0. The number of nitrogens with one attached hydrogen (secondary N) is 1. The SMILES string of the molecule is COc1ccc(-n2c(-c3cccs3)n[nH]c2=S)cc1Br. The Bertz CT molecular complexity index is 792. The second kappa shape index (κ2) is 5.51. The van der Waals surface area contributed by atoms with Gasteiger partial charge in [-0.2, -0.15) is 5.10 Å². The van der Waals surface area contributed by atoms with E-state index in [1.807, 2.05) is 40.3 Å². The molecule has 0 saturated heterocycles. The van der Waals surface area contributed by atoms with Gasteiger partial charge in [0.2, 0.25) is 0 Å². The van der Waals surface area contributed by atoms with Gasteiger partial charge < -0.3 is 4.74 Å². The molecule has 102 valence electrons. The van der Waals surface area contributed by atoms with E-state index in [4.69, 9.17) is 17.0 Å². The number of thiophene rings is 1. The number of H-pyrrole nitrogens is 1. The smallest absolute Gasteiger partial charge is 0.200 e. The highest BCUT2D eigenvalue weighted by atomic mass is 79.9. The van der Waals surface area contributed by atoms with Gasteiger partial charge in [-0.1, -0.05) is 6.07 Å². The summed E-state index contributed by atoms with van der Waals surface area (Å²) in [7, 11) is 1.64. The fourth-order valence-corrected chi connectivity index (χ4v) is 3.37. The predicted octanol–water partition coefficient (Wildman–Crippen LogP) is 4.43. The Balaban J connectivity index is 2.18. The number of benzene rings is 1. The van der Waals surface area contributed by atoms with Crippen molar-refractivity contribution in [2.75, 3.05) is 7.11 Å². The van der Waals surface area contributed by atoms with Crippen molar-refractivity contribution in [3.8, 4) is 22.1 Å². The van der Waals surface area contributed by atoms with E-state index in [9.17, 15) is 0 Å². The van der Waals surface area contributed by atoms with Gasteiger partial charge in [-0.05, 0) is 57.8 Å². The standard InChI is InChI=1S/C13H10BrN3OS2/c1-18-10-5-4-8(7-9(10)14)17-12(15-16-13(17)19)11-3-2-6-20-11/h2-7H,1H3,(H,16,19). The molecule has 2 aromatic heterocycles.